The molecule has 2 rings (SSSR count). The van der Waals surface area contributed by atoms with Gasteiger partial charge in [0.05, 0.1) is 0 Å². The molecule has 0 bridgehead atoms. The lowest BCUT2D eigenvalue weighted by molar-refractivity contribution is 0.276. The summed E-state index contributed by atoms with van der Waals surface area (Å²) in [6.45, 7) is 1.02. The highest BCUT2D eigenvalue weighted by Crippen LogP contribution is 2.29. The molecule has 1 saturated carbocycles. The Balaban J connectivity index is 1.90. The van der Waals surface area contributed by atoms with Crippen molar-refractivity contribution in [1.29, 1.82) is 0 Å². The fourth-order valence-electron chi connectivity index (χ4n) is 2.72. The molecule has 2 N–H and O–H groups in total. The summed E-state index contributed by atoms with van der Waals surface area (Å²) >= 11 is 2.50. The highest BCUT2D eigenvalue weighted by Gasteiger charge is 2.32. The smallest absolute Gasteiger partial charge is 0.0459 e. The summed E-state index contributed by atoms with van der Waals surface area (Å²) in [5.74, 6) is 0.948. The topological polar surface area (TPSA) is 24.1 Å². The van der Waals surface area contributed by atoms with Gasteiger partial charge >= 0.3 is 0 Å². The van der Waals surface area contributed by atoms with Crippen molar-refractivity contribution in [3.8, 4) is 0 Å². The van der Waals surface area contributed by atoms with E-state index in [1.807, 2.05) is 0 Å². The predicted octanol–water partition coefficient (Wildman–Crippen LogP) is 1.89. The molecular weight excluding hydrogens is 275 g/mol. The number of nitrogens with one attached hydrogen (secondary N) is 2. The largest absolute Gasteiger partial charge is 0.300 e. The Labute approximate surface area is 94.4 Å². The summed E-state index contributed by atoms with van der Waals surface area (Å²) in [5, 5.41) is 7.15. The fourth-order valence-corrected chi connectivity index (χ4v) is 3.58. The van der Waals surface area contributed by atoms with Crippen molar-refractivity contribution in [1.82, 2.24) is 10.6 Å². The summed E-state index contributed by atoms with van der Waals surface area (Å²) in [6.07, 6.45) is 7.28. The van der Waals surface area contributed by atoms with Gasteiger partial charge in [-0.1, -0.05) is 41.9 Å². The van der Waals surface area contributed by atoms with Crippen LogP contribution in [0.25, 0.3) is 0 Å². The molecule has 1 aliphatic heterocycles. The molecule has 2 fully saturated rings. The van der Waals surface area contributed by atoms with Gasteiger partial charge in [-0.15, -0.1) is 0 Å². The minimum absolute atomic E-state index is 0.726. The Kier molecular flexibility index (Phi) is 3.86. The zero-order chi connectivity index (χ0) is 9.10. The Hall–Kier alpha value is 0.650. The van der Waals surface area contributed by atoms with Gasteiger partial charge in [-0.25, -0.2) is 0 Å². The first-order chi connectivity index (χ1) is 6.42. The van der Waals surface area contributed by atoms with Gasteiger partial charge in [-0.05, 0) is 18.8 Å². The molecule has 3 heteroatoms. The first-order valence-corrected chi connectivity index (χ1v) is 6.97. The van der Waals surface area contributed by atoms with Gasteiger partial charge in [0, 0.05) is 23.2 Å². The number of alkyl halides is 1. The van der Waals surface area contributed by atoms with Crippen molar-refractivity contribution in [3.05, 3.63) is 0 Å². The van der Waals surface area contributed by atoms with Gasteiger partial charge in [-0.2, -0.15) is 0 Å². The summed E-state index contributed by atoms with van der Waals surface area (Å²) in [7, 11) is 0. The normalized spacial score (nSPS) is 36.7. The third kappa shape index (κ3) is 2.36. The molecule has 2 nitrogen and oxygen atoms in total. The Bertz CT molecular complexity index is 157. The first kappa shape index (κ1) is 10.2. The summed E-state index contributed by atoms with van der Waals surface area (Å²) in [4.78, 5) is 0. The van der Waals surface area contributed by atoms with Crippen molar-refractivity contribution in [2.75, 3.05) is 11.1 Å². The third-order valence-corrected chi connectivity index (χ3v) is 4.41. The molecule has 0 spiro atoms. The number of hydrogen-bond acceptors (Lipinski definition) is 2. The van der Waals surface area contributed by atoms with Crippen LogP contribution in [-0.2, 0) is 0 Å². The van der Waals surface area contributed by atoms with Crippen LogP contribution in [0.1, 0.15) is 32.1 Å². The van der Waals surface area contributed by atoms with Crippen LogP contribution in [0, 0.1) is 5.92 Å². The van der Waals surface area contributed by atoms with Crippen molar-refractivity contribution in [2.24, 2.45) is 5.92 Å². The van der Waals surface area contributed by atoms with Crippen LogP contribution >= 0.6 is 22.6 Å². The Morgan fingerprint density at radius 1 is 1.08 bits per heavy atom. The van der Waals surface area contributed by atoms with Gasteiger partial charge in [0.25, 0.3) is 0 Å². The quantitative estimate of drug-likeness (QED) is 0.600. The van der Waals surface area contributed by atoms with Crippen LogP contribution in [0.2, 0.25) is 0 Å². The Morgan fingerprint density at radius 2 is 1.85 bits per heavy atom. The monoisotopic (exact) mass is 294 g/mol. The van der Waals surface area contributed by atoms with Crippen molar-refractivity contribution in [2.45, 2.75) is 44.2 Å². The molecular formula is C10H19IN2. The van der Waals surface area contributed by atoms with E-state index in [2.05, 4.69) is 33.2 Å². The average Bonchev–Trinajstić information content (AvgIpc) is 2.67. The maximum Gasteiger partial charge on any atom is 0.0459 e. The van der Waals surface area contributed by atoms with Crippen LogP contribution < -0.4 is 10.6 Å². The lowest BCUT2D eigenvalue weighted by Crippen LogP contribution is -2.41. The molecule has 76 valence electrons. The van der Waals surface area contributed by atoms with Crippen LogP contribution in [0.4, 0.5) is 0 Å². The van der Waals surface area contributed by atoms with Crippen molar-refractivity contribution >= 4 is 22.6 Å². The molecule has 0 radical (unpaired) electrons. The molecule has 2 unspecified atom stereocenters. The van der Waals surface area contributed by atoms with E-state index in [1.54, 1.807) is 0 Å². The molecule has 2 atom stereocenters. The zero-order valence-electron chi connectivity index (χ0n) is 8.06. The second kappa shape index (κ2) is 4.94. The summed E-state index contributed by atoms with van der Waals surface area (Å²) in [5.41, 5.74) is 0. The molecule has 1 saturated heterocycles. The van der Waals surface area contributed by atoms with E-state index in [-0.39, 0.29) is 0 Å². The highest BCUT2D eigenvalue weighted by atomic mass is 127. The van der Waals surface area contributed by atoms with E-state index in [9.17, 15) is 0 Å². The lowest BCUT2D eigenvalue weighted by atomic mass is 9.82. The van der Waals surface area contributed by atoms with E-state index >= 15 is 0 Å². The van der Waals surface area contributed by atoms with Gasteiger partial charge in [-0.3, -0.25) is 10.6 Å². The molecule has 1 aliphatic carbocycles. The van der Waals surface area contributed by atoms with E-state index in [0.29, 0.717) is 0 Å². The van der Waals surface area contributed by atoms with Crippen LogP contribution in [-0.4, -0.2) is 23.2 Å². The predicted molar refractivity (Wildman–Crippen MR) is 64.2 cm³/mol. The van der Waals surface area contributed by atoms with Crippen LogP contribution in [0.3, 0.4) is 0 Å². The molecule has 1 heterocycles. The second-order valence-electron chi connectivity index (χ2n) is 4.27. The lowest BCUT2D eigenvalue weighted by Gasteiger charge is -2.30. The minimum Gasteiger partial charge on any atom is -0.300 e. The molecule has 0 aromatic carbocycles. The van der Waals surface area contributed by atoms with Crippen LogP contribution in [0.15, 0.2) is 0 Å². The number of hydrogen-bond donors (Lipinski definition) is 2. The standard InChI is InChI=1S/C10H19IN2/c11-6-9-10(13-7-12-9)8-4-2-1-3-5-8/h8-10,12-13H,1-7H2. The average molecular weight is 294 g/mol. The SMILES string of the molecule is ICC1NCNC1C1CCCCC1. The van der Waals surface area contributed by atoms with Gasteiger partial charge in [0.2, 0.25) is 0 Å². The molecule has 2 aliphatic rings. The Morgan fingerprint density at radius 3 is 2.54 bits per heavy atom. The van der Waals surface area contributed by atoms with E-state index in [0.717, 1.165) is 24.7 Å². The van der Waals surface area contributed by atoms with Crippen molar-refractivity contribution < 1.29 is 0 Å². The van der Waals surface area contributed by atoms with Crippen molar-refractivity contribution in [3.63, 3.8) is 0 Å². The maximum absolute atomic E-state index is 3.61. The molecule has 13 heavy (non-hydrogen) atoms. The molecule has 0 aromatic heterocycles. The number of rotatable bonds is 2. The van der Waals surface area contributed by atoms with Gasteiger partial charge < -0.3 is 0 Å². The van der Waals surface area contributed by atoms with E-state index < -0.39 is 0 Å². The summed E-state index contributed by atoms with van der Waals surface area (Å²) < 4.78 is 1.24. The first-order valence-electron chi connectivity index (χ1n) is 5.44. The van der Waals surface area contributed by atoms with E-state index in [1.165, 1.54) is 36.5 Å². The minimum atomic E-state index is 0.726. The molecule has 0 amide bonds. The fraction of sp³-hybridized carbons (Fsp3) is 1.00. The maximum atomic E-state index is 3.61. The number of halogens is 1. The third-order valence-electron chi connectivity index (χ3n) is 3.46. The van der Waals surface area contributed by atoms with Gasteiger partial charge in [0.1, 0.15) is 0 Å². The van der Waals surface area contributed by atoms with Gasteiger partial charge in [0.15, 0.2) is 0 Å². The molecule has 0 aromatic rings. The zero-order valence-corrected chi connectivity index (χ0v) is 10.2. The van der Waals surface area contributed by atoms with Crippen LogP contribution in [0.5, 0.6) is 0 Å². The highest BCUT2D eigenvalue weighted by molar-refractivity contribution is 14.1. The summed E-state index contributed by atoms with van der Waals surface area (Å²) in [6, 6.07) is 1.49. The van der Waals surface area contributed by atoms with E-state index in [4.69, 9.17) is 0 Å². The second-order valence-corrected chi connectivity index (χ2v) is 5.15.